The third-order valence-electron chi connectivity index (χ3n) is 5.36. The molecule has 0 amide bonds. The quantitative estimate of drug-likeness (QED) is 0.901. The molecule has 3 unspecified atom stereocenters. The van der Waals surface area contributed by atoms with Crippen LogP contribution in [0.5, 0.6) is 0 Å². The van der Waals surface area contributed by atoms with Crippen LogP contribution in [-0.4, -0.2) is 31.1 Å². The van der Waals surface area contributed by atoms with Gasteiger partial charge in [-0.1, -0.05) is 24.6 Å². The number of hydrogen-bond acceptors (Lipinski definition) is 2. The van der Waals surface area contributed by atoms with Gasteiger partial charge in [-0.05, 0) is 76.7 Å². The number of likely N-dealkylation sites (N-methyl/N-ethyl adjacent to an activating group) is 1. The third kappa shape index (κ3) is 3.67. The van der Waals surface area contributed by atoms with Crippen LogP contribution in [0.2, 0.25) is 0 Å². The number of likely N-dealkylation sites (tertiary alicyclic amines) is 1. The predicted octanol–water partition coefficient (Wildman–Crippen LogP) is 3.99. The van der Waals surface area contributed by atoms with Crippen LogP contribution in [0, 0.1) is 26.7 Å². The molecule has 1 aliphatic heterocycles. The molecule has 0 spiro atoms. The molecule has 21 heavy (non-hydrogen) atoms. The SMILES string of the molecule is CNC(CN1CCCC(C)C1C)c1c(C)cc(C)cc1C. The fraction of sp³-hybridized carbons (Fsp3) is 0.684. The molecular formula is C19H32N2. The first kappa shape index (κ1) is 16.5. The molecule has 1 aromatic rings. The van der Waals surface area contributed by atoms with Crippen LogP contribution in [0.15, 0.2) is 12.1 Å². The summed E-state index contributed by atoms with van der Waals surface area (Å²) in [5.74, 6) is 0.816. The second kappa shape index (κ2) is 6.93. The molecular weight excluding hydrogens is 256 g/mol. The van der Waals surface area contributed by atoms with E-state index in [0.29, 0.717) is 12.1 Å². The summed E-state index contributed by atoms with van der Waals surface area (Å²) in [6.07, 6.45) is 2.72. The molecule has 0 aliphatic carbocycles. The van der Waals surface area contributed by atoms with E-state index in [4.69, 9.17) is 0 Å². The Labute approximate surface area is 130 Å². The van der Waals surface area contributed by atoms with E-state index in [2.05, 4.69) is 64.0 Å². The first-order chi connectivity index (χ1) is 9.93. The fourth-order valence-electron chi connectivity index (χ4n) is 3.98. The summed E-state index contributed by atoms with van der Waals surface area (Å²) >= 11 is 0. The highest BCUT2D eigenvalue weighted by Crippen LogP contribution is 2.28. The Morgan fingerprint density at radius 2 is 1.81 bits per heavy atom. The summed E-state index contributed by atoms with van der Waals surface area (Å²) in [5, 5.41) is 3.56. The van der Waals surface area contributed by atoms with Crippen molar-refractivity contribution in [3.8, 4) is 0 Å². The van der Waals surface area contributed by atoms with Gasteiger partial charge in [-0.25, -0.2) is 0 Å². The van der Waals surface area contributed by atoms with Crippen molar-refractivity contribution in [1.82, 2.24) is 10.2 Å². The number of rotatable bonds is 4. The average Bonchev–Trinajstić information content (AvgIpc) is 2.41. The largest absolute Gasteiger partial charge is 0.312 e. The highest BCUT2D eigenvalue weighted by atomic mass is 15.2. The smallest absolute Gasteiger partial charge is 0.0452 e. The lowest BCUT2D eigenvalue weighted by Crippen LogP contribution is -2.46. The molecule has 1 heterocycles. The highest BCUT2D eigenvalue weighted by Gasteiger charge is 2.27. The lowest BCUT2D eigenvalue weighted by molar-refractivity contribution is 0.103. The minimum absolute atomic E-state index is 0.429. The summed E-state index contributed by atoms with van der Waals surface area (Å²) in [5.41, 5.74) is 5.70. The molecule has 1 aromatic carbocycles. The monoisotopic (exact) mass is 288 g/mol. The van der Waals surface area contributed by atoms with E-state index in [1.54, 1.807) is 0 Å². The van der Waals surface area contributed by atoms with Gasteiger partial charge in [-0.3, -0.25) is 4.90 Å². The predicted molar refractivity (Wildman–Crippen MR) is 91.9 cm³/mol. The van der Waals surface area contributed by atoms with Gasteiger partial charge in [0.05, 0.1) is 0 Å². The van der Waals surface area contributed by atoms with E-state index in [1.165, 1.54) is 41.6 Å². The van der Waals surface area contributed by atoms with Crippen molar-refractivity contribution >= 4 is 0 Å². The minimum atomic E-state index is 0.429. The Morgan fingerprint density at radius 3 is 2.38 bits per heavy atom. The van der Waals surface area contributed by atoms with Gasteiger partial charge in [0.15, 0.2) is 0 Å². The zero-order valence-electron chi connectivity index (χ0n) is 14.7. The number of benzene rings is 1. The van der Waals surface area contributed by atoms with Gasteiger partial charge in [0.2, 0.25) is 0 Å². The standard InChI is InChI=1S/C19H32N2/c1-13-10-15(3)19(16(4)11-13)18(20-6)12-21-9-7-8-14(2)17(21)5/h10-11,14,17-18,20H,7-9,12H2,1-6H3. The van der Waals surface area contributed by atoms with E-state index in [9.17, 15) is 0 Å². The Morgan fingerprint density at radius 1 is 1.19 bits per heavy atom. The normalized spacial score (nSPS) is 25.0. The molecule has 0 aromatic heterocycles. The third-order valence-corrected chi connectivity index (χ3v) is 5.36. The molecule has 1 N–H and O–H groups in total. The van der Waals surface area contributed by atoms with Gasteiger partial charge in [0.1, 0.15) is 0 Å². The van der Waals surface area contributed by atoms with Gasteiger partial charge in [0.25, 0.3) is 0 Å². The number of piperidine rings is 1. The van der Waals surface area contributed by atoms with Crippen LogP contribution in [0.1, 0.15) is 55.0 Å². The van der Waals surface area contributed by atoms with Crippen LogP contribution in [0.3, 0.4) is 0 Å². The second-order valence-corrected chi connectivity index (χ2v) is 7.01. The lowest BCUT2D eigenvalue weighted by atomic mass is 9.89. The zero-order chi connectivity index (χ0) is 15.6. The Balaban J connectivity index is 2.20. The Bertz CT molecular complexity index is 457. The molecule has 2 rings (SSSR count). The van der Waals surface area contributed by atoms with Crippen LogP contribution in [0.4, 0.5) is 0 Å². The zero-order valence-corrected chi connectivity index (χ0v) is 14.7. The van der Waals surface area contributed by atoms with Crippen LogP contribution in [-0.2, 0) is 0 Å². The first-order valence-electron chi connectivity index (χ1n) is 8.43. The van der Waals surface area contributed by atoms with Crippen molar-refractivity contribution in [3.05, 3.63) is 34.4 Å². The van der Waals surface area contributed by atoms with Gasteiger partial charge in [0, 0.05) is 18.6 Å². The fourth-order valence-corrected chi connectivity index (χ4v) is 3.98. The maximum atomic E-state index is 3.56. The van der Waals surface area contributed by atoms with Gasteiger partial charge in [-0.15, -0.1) is 0 Å². The molecule has 0 saturated carbocycles. The lowest BCUT2D eigenvalue weighted by Gasteiger charge is -2.40. The summed E-state index contributed by atoms with van der Waals surface area (Å²) in [4.78, 5) is 2.67. The van der Waals surface area contributed by atoms with Crippen LogP contribution >= 0.6 is 0 Å². The van der Waals surface area contributed by atoms with Crippen molar-refractivity contribution in [2.24, 2.45) is 5.92 Å². The molecule has 1 fully saturated rings. The number of nitrogens with one attached hydrogen (secondary N) is 1. The van der Waals surface area contributed by atoms with Crippen molar-refractivity contribution < 1.29 is 0 Å². The minimum Gasteiger partial charge on any atom is -0.312 e. The second-order valence-electron chi connectivity index (χ2n) is 7.01. The summed E-state index contributed by atoms with van der Waals surface area (Å²) in [6.45, 7) is 13.8. The molecule has 3 atom stereocenters. The average molecular weight is 288 g/mol. The number of hydrogen-bond donors (Lipinski definition) is 1. The molecule has 0 bridgehead atoms. The van der Waals surface area contributed by atoms with Crippen molar-refractivity contribution in [1.29, 1.82) is 0 Å². The Kier molecular flexibility index (Phi) is 5.45. The molecule has 1 saturated heterocycles. The highest BCUT2D eigenvalue weighted by molar-refractivity contribution is 5.39. The van der Waals surface area contributed by atoms with E-state index < -0.39 is 0 Å². The molecule has 2 nitrogen and oxygen atoms in total. The Hall–Kier alpha value is -0.860. The number of aryl methyl sites for hydroxylation is 3. The summed E-state index contributed by atoms with van der Waals surface area (Å²) in [7, 11) is 2.10. The van der Waals surface area contributed by atoms with Gasteiger partial charge < -0.3 is 5.32 Å². The van der Waals surface area contributed by atoms with Crippen LogP contribution in [0.25, 0.3) is 0 Å². The maximum absolute atomic E-state index is 3.56. The van der Waals surface area contributed by atoms with Gasteiger partial charge in [-0.2, -0.15) is 0 Å². The molecule has 2 heteroatoms. The van der Waals surface area contributed by atoms with Crippen molar-refractivity contribution in [3.63, 3.8) is 0 Å². The number of nitrogens with zero attached hydrogens (tertiary/aromatic N) is 1. The van der Waals surface area contributed by atoms with Crippen molar-refractivity contribution in [2.45, 2.75) is 59.5 Å². The topological polar surface area (TPSA) is 15.3 Å². The summed E-state index contributed by atoms with van der Waals surface area (Å²) in [6, 6.07) is 5.75. The first-order valence-corrected chi connectivity index (χ1v) is 8.43. The van der Waals surface area contributed by atoms with E-state index in [1.807, 2.05) is 0 Å². The van der Waals surface area contributed by atoms with Gasteiger partial charge >= 0.3 is 0 Å². The van der Waals surface area contributed by atoms with Crippen molar-refractivity contribution in [2.75, 3.05) is 20.1 Å². The molecule has 118 valence electrons. The molecule has 1 aliphatic rings. The molecule has 0 radical (unpaired) electrons. The maximum Gasteiger partial charge on any atom is 0.0452 e. The van der Waals surface area contributed by atoms with E-state index in [0.717, 1.165) is 12.5 Å². The van der Waals surface area contributed by atoms with E-state index >= 15 is 0 Å². The van der Waals surface area contributed by atoms with Crippen LogP contribution < -0.4 is 5.32 Å². The van der Waals surface area contributed by atoms with E-state index in [-0.39, 0.29) is 0 Å². The summed E-state index contributed by atoms with van der Waals surface area (Å²) < 4.78 is 0.